The van der Waals surface area contributed by atoms with Crippen LogP contribution < -0.4 is 0 Å². The van der Waals surface area contributed by atoms with Gasteiger partial charge >= 0.3 is 0 Å². The van der Waals surface area contributed by atoms with Crippen molar-refractivity contribution in [2.24, 2.45) is 0 Å². The Morgan fingerprint density at radius 2 is 1.12 bits per heavy atom. The second-order valence-corrected chi connectivity index (χ2v) is 14.0. The summed E-state index contributed by atoms with van der Waals surface area (Å²) >= 11 is 1.79. The van der Waals surface area contributed by atoms with Crippen LogP contribution in [0.5, 0.6) is 0 Å². The Morgan fingerprint density at radius 1 is 0.490 bits per heavy atom. The number of hydrogen-bond acceptors (Lipinski definition) is 4. The number of benzene rings is 7. The molecule has 0 radical (unpaired) electrons. The van der Waals surface area contributed by atoms with Crippen molar-refractivity contribution in [2.45, 2.75) is 0 Å². The number of thiophene rings is 1. The molecule has 0 aliphatic rings. The smallest absolute Gasteiger partial charge is 0.160 e. The van der Waals surface area contributed by atoms with Gasteiger partial charge in [0.15, 0.2) is 5.82 Å². The van der Waals surface area contributed by atoms with E-state index in [1.165, 1.54) is 20.2 Å². The number of rotatable bonds is 4. The van der Waals surface area contributed by atoms with E-state index in [9.17, 15) is 0 Å². The lowest BCUT2D eigenvalue weighted by Gasteiger charge is -2.14. The van der Waals surface area contributed by atoms with Crippen molar-refractivity contribution in [1.82, 2.24) is 14.5 Å². The van der Waals surface area contributed by atoms with E-state index in [2.05, 4.69) is 138 Å². The van der Waals surface area contributed by atoms with E-state index in [4.69, 9.17) is 14.4 Å². The van der Waals surface area contributed by atoms with Crippen LogP contribution in [-0.4, -0.2) is 14.5 Å². The number of fused-ring (bicyclic) bond motifs is 10. The average Bonchev–Trinajstić information content (AvgIpc) is 3.87. The van der Waals surface area contributed by atoms with Gasteiger partial charge in [0.2, 0.25) is 0 Å². The number of aromatic nitrogens is 3. The summed E-state index contributed by atoms with van der Waals surface area (Å²) in [6, 6.07) is 57.6. The molecule has 7 aromatic carbocycles. The van der Waals surface area contributed by atoms with Gasteiger partial charge < -0.3 is 8.98 Å². The Bertz CT molecular complexity index is 3030. The van der Waals surface area contributed by atoms with E-state index in [0.29, 0.717) is 5.82 Å². The molecule has 0 amide bonds. The van der Waals surface area contributed by atoms with Gasteiger partial charge in [0, 0.05) is 64.1 Å². The fraction of sp³-hybridized carbons (Fsp3) is 0. The second kappa shape index (κ2) is 11.0. The Balaban J connectivity index is 1.29. The number of nitrogens with zero attached hydrogens (tertiary/aromatic N) is 3. The Hall–Kier alpha value is -6.56. The molecule has 51 heavy (non-hydrogen) atoms. The number of para-hydroxylation sites is 3. The standard InChI is InChI=1S/C46H27N3OS/c1-3-13-28(14-4-1)37-27-38(48-46(47-37)29-15-5-2-6-16-29)35-25-30(49-39-20-10-7-17-31(39)32-18-8-11-21-40(32)49)26-36-43-42(51-45(35)36)24-23-34-33-19-9-12-22-41(33)50-44(34)43/h1-27H. The molecule has 0 aliphatic carbocycles. The molecular weight excluding hydrogens is 643 g/mol. The summed E-state index contributed by atoms with van der Waals surface area (Å²) in [5, 5.41) is 6.99. The minimum Gasteiger partial charge on any atom is -0.455 e. The Morgan fingerprint density at radius 3 is 1.86 bits per heavy atom. The minimum atomic E-state index is 0.697. The van der Waals surface area contributed by atoms with Crippen LogP contribution >= 0.6 is 11.3 Å². The highest BCUT2D eigenvalue weighted by Crippen LogP contribution is 2.47. The molecule has 4 heterocycles. The van der Waals surface area contributed by atoms with Crippen molar-refractivity contribution < 1.29 is 4.42 Å². The second-order valence-electron chi connectivity index (χ2n) is 12.9. The van der Waals surface area contributed by atoms with Gasteiger partial charge in [-0.25, -0.2) is 9.97 Å². The van der Waals surface area contributed by atoms with Gasteiger partial charge in [-0.15, -0.1) is 11.3 Å². The van der Waals surface area contributed by atoms with Crippen LogP contribution in [0.25, 0.3) is 104 Å². The van der Waals surface area contributed by atoms with Crippen LogP contribution in [-0.2, 0) is 0 Å². The first kappa shape index (κ1) is 28.3. The highest BCUT2D eigenvalue weighted by molar-refractivity contribution is 7.26. The van der Waals surface area contributed by atoms with Crippen molar-refractivity contribution in [2.75, 3.05) is 0 Å². The lowest BCUT2D eigenvalue weighted by atomic mass is 10.0. The van der Waals surface area contributed by atoms with Crippen molar-refractivity contribution in [3.8, 4) is 39.6 Å². The molecule has 0 N–H and O–H groups in total. The van der Waals surface area contributed by atoms with E-state index in [-0.39, 0.29) is 0 Å². The molecule has 11 rings (SSSR count). The molecule has 0 atom stereocenters. The van der Waals surface area contributed by atoms with Gasteiger partial charge in [0.1, 0.15) is 11.2 Å². The van der Waals surface area contributed by atoms with Gasteiger partial charge in [-0.3, -0.25) is 0 Å². The summed E-state index contributed by atoms with van der Waals surface area (Å²) in [6.07, 6.45) is 0. The maximum absolute atomic E-state index is 6.68. The van der Waals surface area contributed by atoms with Crippen LogP contribution in [0.15, 0.2) is 168 Å². The third-order valence-corrected chi connectivity index (χ3v) is 11.2. The molecule has 5 heteroatoms. The van der Waals surface area contributed by atoms with Gasteiger partial charge in [0.05, 0.1) is 22.4 Å². The maximum Gasteiger partial charge on any atom is 0.160 e. The summed E-state index contributed by atoms with van der Waals surface area (Å²) in [5.41, 5.74) is 10.1. The van der Waals surface area contributed by atoms with Gasteiger partial charge in [0.25, 0.3) is 0 Å². The first-order valence-corrected chi connectivity index (χ1v) is 17.9. The van der Waals surface area contributed by atoms with E-state index < -0.39 is 0 Å². The van der Waals surface area contributed by atoms with Crippen LogP contribution in [0, 0.1) is 0 Å². The molecule has 0 saturated carbocycles. The molecule has 0 aliphatic heterocycles. The SMILES string of the molecule is c1ccc(-c2cc(-c3cc(-n4c5ccccc5c5ccccc54)cc4c3sc3ccc5c6ccccc6oc5c34)nc(-c3ccccc3)n2)cc1. The topological polar surface area (TPSA) is 43.9 Å². The Labute approximate surface area is 296 Å². The van der Waals surface area contributed by atoms with Crippen LogP contribution in [0.3, 0.4) is 0 Å². The predicted octanol–water partition coefficient (Wildman–Crippen LogP) is 12.8. The van der Waals surface area contributed by atoms with Crippen LogP contribution in [0.1, 0.15) is 0 Å². The summed E-state index contributed by atoms with van der Waals surface area (Å²) < 4.78 is 11.4. The first-order chi connectivity index (χ1) is 25.3. The number of hydrogen-bond donors (Lipinski definition) is 0. The molecule has 0 saturated heterocycles. The highest BCUT2D eigenvalue weighted by Gasteiger charge is 2.22. The molecule has 11 aromatic rings. The van der Waals surface area contributed by atoms with E-state index >= 15 is 0 Å². The largest absolute Gasteiger partial charge is 0.455 e. The van der Waals surface area contributed by atoms with Gasteiger partial charge in [-0.2, -0.15) is 0 Å². The van der Waals surface area contributed by atoms with Crippen LogP contribution in [0.2, 0.25) is 0 Å². The minimum absolute atomic E-state index is 0.697. The average molecular weight is 670 g/mol. The van der Waals surface area contributed by atoms with Crippen LogP contribution in [0.4, 0.5) is 0 Å². The van der Waals surface area contributed by atoms with Crippen molar-refractivity contribution in [1.29, 1.82) is 0 Å². The van der Waals surface area contributed by atoms with E-state index in [1.807, 2.05) is 30.3 Å². The normalized spacial score (nSPS) is 11.9. The molecule has 0 bridgehead atoms. The van der Waals surface area contributed by atoms with E-state index in [0.717, 1.165) is 77.5 Å². The zero-order valence-corrected chi connectivity index (χ0v) is 28.1. The summed E-state index contributed by atoms with van der Waals surface area (Å²) in [6.45, 7) is 0. The first-order valence-electron chi connectivity index (χ1n) is 17.1. The molecule has 0 spiro atoms. The monoisotopic (exact) mass is 669 g/mol. The molecule has 4 aromatic heterocycles. The number of furan rings is 1. The summed E-state index contributed by atoms with van der Waals surface area (Å²) in [4.78, 5) is 10.4. The fourth-order valence-electron chi connectivity index (χ4n) is 7.71. The zero-order valence-electron chi connectivity index (χ0n) is 27.2. The van der Waals surface area contributed by atoms with Gasteiger partial charge in [-0.1, -0.05) is 115 Å². The molecular formula is C46H27N3OS. The third kappa shape index (κ3) is 4.32. The maximum atomic E-state index is 6.68. The van der Waals surface area contributed by atoms with Crippen molar-refractivity contribution in [3.63, 3.8) is 0 Å². The molecule has 238 valence electrons. The quantitative estimate of drug-likeness (QED) is 0.187. The zero-order chi connectivity index (χ0) is 33.5. The predicted molar refractivity (Wildman–Crippen MR) is 213 cm³/mol. The third-order valence-electron chi connectivity index (χ3n) is 10.0. The summed E-state index contributed by atoms with van der Waals surface area (Å²) in [5.74, 6) is 0.697. The van der Waals surface area contributed by atoms with Gasteiger partial charge in [-0.05, 0) is 48.5 Å². The molecule has 0 unspecified atom stereocenters. The lowest BCUT2D eigenvalue weighted by molar-refractivity contribution is 0.673. The summed E-state index contributed by atoms with van der Waals surface area (Å²) in [7, 11) is 0. The Kier molecular flexibility index (Phi) is 6.09. The molecule has 0 fully saturated rings. The highest BCUT2D eigenvalue weighted by atomic mass is 32.1. The molecule has 4 nitrogen and oxygen atoms in total. The lowest BCUT2D eigenvalue weighted by Crippen LogP contribution is -1.98. The van der Waals surface area contributed by atoms with Crippen molar-refractivity contribution >= 4 is 75.3 Å². The van der Waals surface area contributed by atoms with E-state index in [1.54, 1.807) is 11.3 Å². The van der Waals surface area contributed by atoms with Crippen molar-refractivity contribution in [3.05, 3.63) is 164 Å². The fourth-order valence-corrected chi connectivity index (χ4v) is 8.91.